The van der Waals surface area contributed by atoms with Crippen LogP contribution in [-0.2, 0) is 10.9 Å². The van der Waals surface area contributed by atoms with Crippen molar-refractivity contribution in [3.05, 3.63) is 35.5 Å². The van der Waals surface area contributed by atoms with Gasteiger partial charge in [-0.1, -0.05) is 5.16 Å². The molecule has 0 saturated carbocycles. The van der Waals surface area contributed by atoms with E-state index in [1.807, 2.05) is 0 Å². The van der Waals surface area contributed by atoms with E-state index in [-0.39, 0.29) is 11.1 Å². The fraction of sp³-hybridized carbons (Fsp3) is 0.357. The van der Waals surface area contributed by atoms with Crippen molar-refractivity contribution in [2.24, 2.45) is 0 Å². The van der Waals surface area contributed by atoms with E-state index in [0.29, 0.717) is 0 Å². The number of alkyl halides is 3. The summed E-state index contributed by atoms with van der Waals surface area (Å²) in [7, 11) is 0. The molecule has 0 fully saturated rings. The summed E-state index contributed by atoms with van der Waals surface area (Å²) in [6, 6.07) is 3.12. The standard InChI is InChI=1S/C14H12F4N2O3/c1-13(2,3)22-11(21)8-5-4-7(6-9(8)15)10-19-12(23-20-10)14(16,17)18/h4-6H,1-3H3. The zero-order valence-electron chi connectivity index (χ0n) is 12.4. The number of carbonyl (C=O) groups excluding carboxylic acids is 1. The SMILES string of the molecule is CC(C)(C)OC(=O)c1ccc(-c2noc(C(F)(F)F)n2)cc1F. The number of aromatic nitrogens is 2. The lowest BCUT2D eigenvalue weighted by molar-refractivity contribution is -0.159. The summed E-state index contributed by atoms with van der Waals surface area (Å²) in [4.78, 5) is 14.9. The summed E-state index contributed by atoms with van der Waals surface area (Å²) in [5.41, 5.74) is -1.21. The third-order valence-electron chi connectivity index (χ3n) is 2.51. The Kier molecular flexibility index (Phi) is 4.14. The van der Waals surface area contributed by atoms with E-state index in [9.17, 15) is 22.4 Å². The predicted octanol–water partition coefficient (Wildman–Crippen LogP) is 3.85. The topological polar surface area (TPSA) is 65.2 Å². The third kappa shape index (κ3) is 4.05. The Morgan fingerprint density at radius 1 is 1.22 bits per heavy atom. The van der Waals surface area contributed by atoms with Crippen molar-refractivity contribution < 1.29 is 31.6 Å². The minimum Gasteiger partial charge on any atom is -0.456 e. The molecule has 1 aromatic heterocycles. The van der Waals surface area contributed by atoms with Crippen molar-refractivity contribution in [2.45, 2.75) is 32.5 Å². The van der Waals surface area contributed by atoms with Crippen LogP contribution in [0.15, 0.2) is 22.7 Å². The van der Waals surface area contributed by atoms with Crippen LogP contribution in [0.25, 0.3) is 11.4 Å². The van der Waals surface area contributed by atoms with E-state index in [4.69, 9.17) is 4.74 Å². The molecule has 124 valence electrons. The molecule has 1 heterocycles. The van der Waals surface area contributed by atoms with Crippen molar-refractivity contribution in [2.75, 3.05) is 0 Å². The Morgan fingerprint density at radius 2 is 1.87 bits per heavy atom. The van der Waals surface area contributed by atoms with Crippen LogP contribution in [0.2, 0.25) is 0 Å². The van der Waals surface area contributed by atoms with Gasteiger partial charge in [-0.3, -0.25) is 0 Å². The van der Waals surface area contributed by atoms with E-state index in [1.165, 1.54) is 6.07 Å². The minimum atomic E-state index is -4.79. The van der Waals surface area contributed by atoms with Gasteiger partial charge in [-0.05, 0) is 39.0 Å². The number of ether oxygens (including phenoxy) is 1. The second-order valence-electron chi connectivity index (χ2n) is 5.62. The number of hydrogen-bond acceptors (Lipinski definition) is 5. The molecular formula is C14H12F4N2O3. The average Bonchev–Trinajstić information content (AvgIpc) is 2.85. The van der Waals surface area contributed by atoms with E-state index in [2.05, 4.69) is 14.7 Å². The number of hydrogen-bond donors (Lipinski definition) is 0. The summed E-state index contributed by atoms with van der Waals surface area (Å²) in [6.07, 6.45) is -4.79. The van der Waals surface area contributed by atoms with Gasteiger partial charge >= 0.3 is 18.0 Å². The molecule has 23 heavy (non-hydrogen) atoms. The van der Waals surface area contributed by atoms with Gasteiger partial charge in [0, 0.05) is 5.56 Å². The molecule has 5 nitrogen and oxygen atoms in total. The van der Waals surface area contributed by atoms with Gasteiger partial charge in [0.2, 0.25) is 5.82 Å². The first-order valence-corrected chi connectivity index (χ1v) is 6.41. The van der Waals surface area contributed by atoms with Gasteiger partial charge in [-0.25, -0.2) is 9.18 Å². The zero-order valence-corrected chi connectivity index (χ0v) is 12.4. The summed E-state index contributed by atoms with van der Waals surface area (Å²) in [6.45, 7) is 4.86. The predicted molar refractivity (Wildman–Crippen MR) is 69.9 cm³/mol. The molecule has 0 N–H and O–H groups in total. The highest BCUT2D eigenvalue weighted by Gasteiger charge is 2.38. The number of nitrogens with zero attached hydrogens (tertiary/aromatic N) is 2. The molecule has 2 aromatic rings. The molecule has 9 heteroatoms. The quantitative estimate of drug-likeness (QED) is 0.617. The highest BCUT2D eigenvalue weighted by atomic mass is 19.4. The van der Waals surface area contributed by atoms with Gasteiger partial charge in [-0.2, -0.15) is 18.2 Å². The fourth-order valence-electron chi connectivity index (χ4n) is 1.61. The largest absolute Gasteiger partial charge is 0.471 e. The second kappa shape index (κ2) is 5.64. The molecule has 0 saturated heterocycles. The minimum absolute atomic E-state index is 0.0611. The molecule has 0 amide bonds. The number of halogens is 4. The molecule has 2 rings (SSSR count). The van der Waals surface area contributed by atoms with Crippen LogP contribution < -0.4 is 0 Å². The molecule has 0 aliphatic rings. The van der Waals surface area contributed by atoms with Crippen LogP contribution in [0.1, 0.15) is 37.0 Å². The number of esters is 1. The van der Waals surface area contributed by atoms with Gasteiger partial charge in [0.15, 0.2) is 0 Å². The van der Waals surface area contributed by atoms with Gasteiger partial charge in [0.05, 0.1) is 5.56 Å². The average molecular weight is 332 g/mol. The highest BCUT2D eigenvalue weighted by molar-refractivity contribution is 5.90. The van der Waals surface area contributed by atoms with Crippen LogP contribution >= 0.6 is 0 Å². The monoisotopic (exact) mass is 332 g/mol. The first-order valence-electron chi connectivity index (χ1n) is 6.41. The van der Waals surface area contributed by atoms with Crippen LogP contribution in [-0.4, -0.2) is 21.7 Å². The molecule has 1 aromatic carbocycles. The Balaban J connectivity index is 2.29. The first kappa shape index (κ1) is 16.9. The van der Waals surface area contributed by atoms with Crippen molar-refractivity contribution in [1.29, 1.82) is 0 Å². The maximum absolute atomic E-state index is 14.0. The van der Waals surface area contributed by atoms with Crippen LogP contribution in [0.4, 0.5) is 17.6 Å². The molecule has 0 aliphatic carbocycles. The molecular weight excluding hydrogens is 320 g/mol. The lowest BCUT2D eigenvalue weighted by Gasteiger charge is -2.19. The summed E-state index contributed by atoms with van der Waals surface area (Å²) in [5.74, 6) is -3.82. The fourth-order valence-corrected chi connectivity index (χ4v) is 1.61. The van der Waals surface area contributed by atoms with Gasteiger partial charge in [-0.15, -0.1) is 0 Å². The van der Waals surface area contributed by atoms with Crippen LogP contribution in [0.3, 0.4) is 0 Å². The molecule has 0 radical (unpaired) electrons. The van der Waals surface area contributed by atoms with E-state index >= 15 is 0 Å². The number of carbonyl (C=O) groups is 1. The van der Waals surface area contributed by atoms with Gasteiger partial charge < -0.3 is 9.26 Å². The molecule has 0 spiro atoms. The summed E-state index contributed by atoms with van der Waals surface area (Å²) in [5, 5.41) is 3.14. The Hall–Kier alpha value is -2.45. The van der Waals surface area contributed by atoms with Crippen molar-refractivity contribution >= 4 is 5.97 Å². The van der Waals surface area contributed by atoms with Gasteiger partial charge in [0.25, 0.3) is 0 Å². The molecule has 0 bridgehead atoms. The maximum atomic E-state index is 14.0. The normalized spacial score (nSPS) is 12.3. The molecule has 0 aliphatic heterocycles. The molecule has 0 unspecified atom stereocenters. The van der Waals surface area contributed by atoms with Crippen LogP contribution in [0, 0.1) is 5.82 Å². The second-order valence-corrected chi connectivity index (χ2v) is 5.62. The molecule has 0 atom stereocenters. The van der Waals surface area contributed by atoms with E-state index in [1.54, 1.807) is 20.8 Å². The Morgan fingerprint density at radius 3 is 2.35 bits per heavy atom. The van der Waals surface area contributed by atoms with Crippen LogP contribution in [0.5, 0.6) is 0 Å². The Bertz CT molecular complexity index is 732. The zero-order chi connectivity index (χ0) is 17.4. The van der Waals surface area contributed by atoms with Crippen molar-refractivity contribution in [1.82, 2.24) is 10.1 Å². The summed E-state index contributed by atoms with van der Waals surface area (Å²) < 4.78 is 60.3. The van der Waals surface area contributed by atoms with Crippen molar-refractivity contribution in [3.63, 3.8) is 0 Å². The lowest BCUT2D eigenvalue weighted by Crippen LogP contribution is -2.24. The third-order valence-corrected chi connectivity index (χ3v) is 2.51. The summed E-state index contributed by atoms with van der Waals surface area (Å²) >= 11 is 0. The Labute approximate surface area is 128 Å². The smallest absolute Gasteiger partial charge is 0.456 e. The van der Waals surface area contributed by atoms with E-state index < -0.39 is 35.3 Å². The first-order chi connectivity index (χ1) is 10.5. The highest BCUT2D eigenvalue weighted by Crippen LogP contribution is 2.29. The lowest BCUT2D eigenvalue weighted by atomic mass is 10.1. The maximum Gasteiger partial charge on any atom is 0.471 e. The van der Waals surface area contributed by atoms with Gasteiger partial charge in [0.1, 0.15) is 11.4 Å². The number of benzene rings is 1. The van der Waals surface area contributed by atoms with Crippen molar-refractivity contribution in [3.8, 4) is 11.4 Å². The van der Waals surface area contributed by atoms with E-state index in [0.717, 1.165) is 12.1 Å². The number of rotatable bonds is 2.